The molecular formula is C29H39ClN5O6P. The molecule has 2 fully saturated rings. The van der Waals surface area contributed by atoms with Gasteiger partial charge in [0.25, 0.3) is 0 Å². The Balaban J connectivity index is 1.27. The van der Waals surface area contributed by atoms with E-state index in [1.807, 2.05) is 25.3 Å². The molecule has 1 N–H and O–H groups in total. The maximum Gasteiger partial charge on any atom is 0.326 e. The van der Waals surface area contributed by atoms with Gasteiger partial charge < -0.3 is 23.3 Å². The third-order valence-corrected chi connectivity index (χ3v) is 9.47. The van der Waals surface area contributed by atoms with Gasteiger partial charge in [0.15, 0.2) is 11.2 Å². The van der Waals surface area contributed by atoms with Crippen molar-refractivity contribution >= 4 is 37.3 Å². The lowest BCUT2D eigenvalue weighted by atomic mass is 10.0. The molecule has 0 spiro atoms. The van der Waals surface area contributed by atoms with E-state index in [9.17, 15) is 4.79 Å². The first-order chi connectivity index (χ1) is 20.3. The van der Waals surface area contributed by atoms with E-state index in [0.717, 1.165) is 32.1 Å². The lowest BCUT2D eigenvalue weighted by Crippen LogP contribution is -2.49. The van der Waals surface area contributed by atoms with E-state index in [-0.39, 0.29) is 36.9 Å². The highest BCUT2D eigenvalue weighted by atomic mass is 35.5. The van der Waals surface area contributed by atoms with Gasteiger partial charge >= 0.3 is 14.5 Å². The van der Waals surface area contributed by atoms with Crippen molar-refractivity contribution in [1.29, 1.82) is 0 Å². The van der Waals surface area contributed by atoms with Crippen molar-refractivity contribution in [1.82, 2.24) is 24.6 Å². The van der Waals surface area contributed by atoms with E-state index >= 15 is 0 Å². The summed E-state index contributed by atoms with van der Waals surface area (Å²) in [5.74, 6) is 0.904. The molecule has 0 radical (unpaired) electrons. The third kappa shape index (κ3) is 7.14. The van der Waals surface area contributed by atoms with E-state index in [0.29, 0.717) is 40.8 Å². The fraction of sp³-hybridized carbons (Fsp3) is 0.586. The van der Waals surface area contributed by atoms with Crippen molar-refractivity contribution in [3.8, 4) is 11.6 Å². The number of fused-ring (bicyclic) bond motifs is 1. The minimum Gasteiger partial charge on any atom is -0.476 e. The molecular weight excluding hydrogens is 581 g/mol. The van der Waals surface area contributed by atoms with Crippen molar-refractivity contribution in [3.63, 3.8) is 0 Å². The van der Waals surface area contributed by atoms with Gasteiger partial charge in [0.2, 0.25) is 5.88 Å². The molecule has 3 aromatic rings. The average Bonchev–Trinajstić information content (AvgIpc) is 3.73. The van der Waals surface area contributed by atoms with Crippen LogP contribution in [0.5, 0.6) is 11.6 Å². The Hall–Kier alpha value is -2.56. The third-order valence-electron chi connectivity index (χ3n) is 7.78. The van der Waals surface area contributed by atoms with Gasteiger partial charge in [-0.05, 0) is 76.6 Å². The van der Waals surface area contributed by atoms with Crippen molar-refractivity contribution < 1.29 is 28.1 Å². The zero-order valence-electron chi connectivity index (χ0n) is 24.5. The van der Waals surface area contributed by atoms with Gasteiger partial charge in [0.1, 0.15) is 29.9 Å². The predicted molar refractivity (Wildman–Crippen MR) is 159 cm³/mol. The highest BCUT2D eigenvalue weighted by Gasteiger charge is 2.40. The van der Waals surface area contributed by atoms with Crippen LogP contribution in [-0.4, -0.2) is 56.4 Å². The Morgan fingerprint density at radius 3 is 2.67 bits per heavy atom. The summed E-state index contributed by atoms with van der Waals surface area (Å²) in [6.45, 7) is 8.55. The molecule has 0 bridgehead atoms. The first kappa shape index (κ1) is 30.9. The molecule has 3 heterocycles. The second kappa shape index (κ2) is 13.8. The van der Waals surface area contributed by atoms with Crippen molar-refractivity contribution in [2.45, 2.75) is 90.2 Å². The SMILES string of the molecule is CCOc1ncnc2c1ncn2[C@@H]1OC(COP(NC(C)(CC)C(=O)OC2CCCC2)Oc2ccc(Cl)cc2)CC1C. The number of carbonyl (C=O) groups excluding carboxylic acids is 1. The second-order valence-electron chi connectivity index (χ2n) is 11.0. The quantitative estimate of drug-likeness (QED) is 0.171. The van der Waals surface area contributed by atoms with Crippen LogP contribution in [0.1, 0.15) is 72.4 Å². The minimum absolute atomic E-state index is 0.0334. The molecule has 228 valence electrons. The zero-order chi connectivity index (χ0) is 29.7. The molecule has 5 rings (SSSR count). The number of benzene rings is 1. The number of halogens is 1. The Kier molecular flexibility index (Phi) is 10.2. The number of nitrogens with zero attached hydrogens (tertiary/aromatic N) is 4. The van der Waals surface area contributed by atoms with E-state index in [1.54, 1.807) is 30.6 Å². The minimum atomic E-state index is -1.75. The van der Waals surface area contributed by atoms with Crippen LogP contribution in [0.2, 0.25) is 5.02 Å². The smallest absolute Gasteiger partial charge is 0.326 e. The summed E-state index contributed by atoms with van der Waals surface area (Å²) in [6, 6.07) is 7.05. The fourth-order valence-electron chi connectivity index (χ4n) is 5.21. The summed E-state index contributed by atoms with van der Waals surface area (Å²) in [4.78, 5) is 26.4. The second-order valence-corrected chi connectivity index (χ2v) is 12.6. The van der Waals surface area contributed by atoms with Gasteiger partial charge in [0.05, 0.1) is 25.6 Å². The van der Waals surface area contributed by atoms with Crippen molar-refractivity contribution in [2.24, 2.45) is 5.92 Å². The summed E-state index contributed by atoms with van der Waals surface area (Å²) < 4.78 is 32.4. The molecule has 2 aliphatic rings. The van der Waals surface area contributed by atoms with Gasteiger partial charge in [-0.1, -0.05) is 25.4 Å². The van der Waals surface area contributed by atoms with Gasteiger partial charge in [-0.15, -0.1) is 0 Å². The Bertz CT molecular complexity index is 1340. The number of ether oxygens (including phenoxy) is 3. The van der Waals surface area contributed by atoms with E-state index < -0.39 is 14.1 Å². The monoisotopic (exact) mass is 619 g/mol. The first-order valence-electron chi connectivity index (χ1n) is 14.6. The molecule has 42 heavy (non-hydrogen) atoms. The Labute approximate surface area is 252 Å². The number of esters is 1. The molecule has 1 saturated heterocycles. The van der Waals surface area contributed by atoms with Crippen LogP contribution >= 0.6 is 20.1 Å². The molecule has 5 atom stereocenters. The number of rotatable bonds is 13. The van der Waals surface area contributed by atoms with Crippen LogP contribution in [-0.2, 0) is 18.8 Å². The first-order valence-corrected chi connectivity index (χ1v) is 16.2. The van der Waals surface area contributed by atoms with Gasteiger partial charge in [-0.3, -0.25) is 9.36 Å². The summed E-state index contributed by atoms with van der Waals surface area (Å²) in [5, 5.41) is 3.95. The number of imidazole rings is 1. The van der Waals surface area contributed by atoms with Gasteiger partial charge in [0, 0.05) is 10.9 Å². The number of carbonyl (C=O) groups is 1. The number of hydrogen-bond acceptors (Lipinski definition) is 10. The van der Waals surface area contributed by atoms with E-state index in [2.05, 4.69) is 27.0 Å². The molecule has 0 amide bonds. The van der Waals surface area contributed by atoms with Crippen LogP contribution < -0.4 is 14.3 Å². The molecule has 13 heteroatoms. The van der Waals surface area contributed by atoms with Crippen molar-refractivity contribution in [2.75, 3.05) is 13.2 Å². The van der Waals surface area contributed by atoms with Gasteiger partial charge in [-0.2, -0.15) is 4.98 Å². The molecule has 1 saturated carbocycles. The highest BCUT2D eigenvalue weighted by Crippen LogP contribution is 2.42. The topological polar surface area (TPSA) is 119 Å². The molecule has 4 unspecified atom stereocenters. The predicted octanol–water partition coefficient (Wildman–Crippen LogP) is 6.37. The Morgan fingerprint density at radius 2 is 1.95 bits per heavy atom. The molecule has 1 aliphatic carbocycles. The molecule has 11 nitrogen and oxygen atoms in total. The van der Waals surface area contributed by atoms with Crippen LogP contribution in [0.15, 0.2) is 36.9 Å². The average molecular weight is 620 g/mol. The fourth-order valence-corrected chi connectivity index (χ4v) is 6.76. The number of nitrogens with one attached hydrogen (secondary N) is 1. The maximum absolute atomic E-state index is 13.3. The lowest BCUT2D eigenvalue weighted by Gasteiger charge is -2.32. The van der Waals surface area contributed by atoms with E-state index in [4.69, 9.17) is 34.9 Å². The summed E-state index contributed by atoms with van der Waals surface area (Å²) in [7, 11) is -1.75. The lowest BCUT2D eigenvalue weighted by molar-refractivity contribution is -0.155. The number of aromatic nitrogens is 4. The largest absolute Gasteiger partial charge is 0.476 e. The normalized spacial score (nSPS) is 23.1. The Morgan fingerprint density at radius 1 is 1.19 bits per heavy atom. The summed E-state index contributed by atoms with van der Waals surface area (Å²) >= 11 is 6.08. The van der Waals surface area contributed by atoms with Crippen LogP contribution in [0, 0.1) is 5.92 Å². The van der Waals surface area contributed by atoms with Crippen LogP contribution in [0.3, 0.4) is 0 Å². The standard InChI is InChI=1S/C29H39ClN5O6P/c1-5-29(4,28(36)40-21-9-7-8-10-21)34-42(41-22-13-11-20(30)12-14-22)38-16-23-15-19(3)27(39-23)35-18-33-24-25(35)31-17-32-26(24)37-6-2/h11-14,17-19,21,23,27,34H,5-10,15-16H2,1-4H3/t19?,23?,27-,29?,42?/m1/s1. The number of hydrogen-bond donors (Lipinski definition) is 1. The molecule has 1 aromatic carbocycles. The molecule has 1 aliphatic heterocycles. The van der Waals surface area contributed by atoms with Gasteiger partial charge in [-0.25, -0.2) is 15.1 Å². The van der Waals surface area contributed by atoms with E-state index in [1.165, 1.54) is 6.33 Å². The summed E-state index contributed by atoms with van der Waals surface area (Å²) in [6.07, 6.45) is 7.89. The zero-order valence-corrected chi connectivity index (χ0v) is 26.1. The van der Waals surface area contributed by atoms with Crippen LogP contribution in [0.4, 0.5) is 0 Å². The summed E-state index contributed by atoms with van der Waals surface area (Å²) in [5.41, 5.74) is 0.268. The highest BCUT2D eigenvalue weighted by molar-refractivity contribution is 7.45. The van der Waals surface area contributed by atoms with Crippen molar-refractivity contribution in [3.05, 3.63) is 41.9 Å². The molecule has 2 aromatic heterocycles. The van der Waals surface area contributed by atoms with Crippen LogP contribution in [0.25, 0.3) is 11.2 Å². The maximum atomic E-state index is 13.3.